The second-order valence-electron chi connectivity index (χ2n) is 6.24. The molecule has 3 aromatic rings. The minimum absolute atomic E-state index is 0.784. The van der Waals surface area contributed by atoms with Crippen molar-refractivity contribution < 1.29 is 0 Å². The van der Waals surface area contributed by atoms with E-state index in [-0.39, 0.29) is 0 Å². The molecule has 0 saturated heterocycles. The van der Waals surface area contributed by atoms with Crippen LogP contribution in [0.15, 0.2) is 65.1 Å². The van der Waals surface area contributed by atoms with E-state index in [0.29, 0.717) is 0 Å². The predicted molar refractivity (Wildman–Crippen MR) is 114 cm³/mol. The fraction of sp³-hybridized carbons (Fsp3) is 0.286. The molecule has 0 aliphatic rings. The van der Waals surface area contributed by atoms with Gasteiger partial charge in [-0.3, -0.25) is 0 Å². The van der Waals surface area contributed by atoms with Crippen LogP contribution in [-0.2, 0) is 5.75 Å². The zero-order chi connectivity index (χ0) is 19.1. The minimum Gasteiger partial charge on any atom is -0.372 e. The number of aromatic nitrogens is 3. The van der Waals surface area contributed by atoms with Gasteiger partial charge in [-0.1, -0.05) is 53.7 Å². The van der Waals surface area contributed by atoms with Gasteiger partial charge in [-0.2, -0.15) is 9.78 Å². The van der Waals surface area contributed by atoms with Gasteiger partial charge >= 0.3 is 0 Å². The largest absolute Gasteiger partial charge is 0.372 e. The predicted octanol–water partition coefficient (Wildman–Crippen LogP) is 4.61. The van der Waals surface area contributed by atoms with Crippen molar-refractivity contribution in [2.45, 2.75) is 31.7 Å². The highest BCUT2D eigenvalue weighted by atomic mass is 32.2. The van der Waals surface area contributed by atoms with E-state index >= 15 is 0 Å². The maximum absolute atomic E-state index is 4.51. The minimum atomic E-state index is 0.784. The van der Waals surface area contributed by atoms with Crippen LogP contribution < -0.4 is 4.90 Å². The zero-order valence-electron chi connectivity index (χ0n) is 16.0. The maximum atomic E-state index is 4.51. The fourth-order valence-electron chi connectivity index (χ4n) is 2.71. The van der Waals surface area contributed by atoms with Crippen LogP contribution in [0.1, 0.15) is 30.5 Å². The monoisotopic (exact) mass is 379 g/mol. The Morgan fingerprint density at radius 3 is 2.41 bits per heavy atom. The quantitative estimate of drug-likeness (QED) is 0.424. The fourth-order valence-corrected chi connectivity index (χ4v) is 3.53. The molecule has 5 nitrogen and oxygen atoms in total. The molecule has 2 aromatic carbocycles. The number of hydrogen-bond acceptors (Lipinski definition) is 5. The SMILES string of the molecule is CCN(CC)c1ccc(/C=N/n2cnnc2SCc2ccc(C)cc2)cc1. The van der Waals surface area contributed by atoms with E-state index in [1.807, 2.05) is 6.21 Å². The smallest absolute Gasteiger partial charge is 0.212 e. The Morgan fingerprint density at radius 2 is 1.74 bits per heavy atom. The molecular weight excluding hydrogens is 354 g/mol. The molecule has 0 atom stereocenters. The molecule has 3 rings (SSSR count). The topological polar surface area (TPSA) is 46.3 Å². The van der Waals surface area contributed by atoms with Crippen molar-refractivity contribution in [2.24, 2.45) is 5.10 Å². The van der Waals surface area contributed by atoms with Gasteiger partial charge in [0.2, 0.25) is 5.16 Å². The van der Waals surface area contributed by atoms with E-state index < -0.39 is 0 Å². The van der Waals surface area contributed by atoms with E-state index in [2.05, 4.69) is 89.5 Å². The summed E-state index contributed by atoms with van der Waals surface area (Å²) >= 11 is 1.63. The van der Waals surface area contributed by atoms with Gasteiger partial charge in [0, 0.05) is 24.5 Å². The van der Waals surface area contributed by atoms with Gasteiger partial charge in [0.15, 0.2) is 0 Å². The molecule has 0 amide bonds. The summed E-state index contributed by atoms with van der Waals surface area (Å²) in [5.74, 6) is 0.840. The Kier molecular flexibility index (Phi) is 6.65. The lowest BCUT2D eigenvalue weighted by Crippen LogP contribution is -2.21. The Labute approximate surface area is 165 Å². The Balaban J connectivity index is 1.64. The lowest BCUT2D eigenvalue weighted by molar-refractivity contribution is 0.767. The van der Waals surface area contributed by atoms with Crippen molar-refractivity contribution in [2.75, 3.05) is 18.0 Å². The van der Waals surface area contributed by atoms with Crippen LogP contribution >= 0.6 is 11.8 Å². The molecule has 0 unspecified atom stereocenters. The third-order valence-corrected chi connectivity index (χ3v) is 5.35. The molecule has 140 valence electrons. The molecule has 0 bridgehead atoms. The lowest BCUT2D eigenvalue weighted by atomic mass is 10.2. The third-order valence-electron chi connectivity index (χ3n) is 4.34. The molecule has 0 aliphatic heterocycles. The highest BCUT2D eigenvalue weighted by molar-refractivity contribution is 7.98. The Bertz CT molecular complexity index is 864. The number of nitrogens with zero attached hydrogens (tertiary/aromatic N) is 5. The number of hydrogen-bond donors (Lipinski definition) is 0. The standard InChI is InChI=1S/C21H25N5S/c1-4-25(5-2)20-12-10-18(11-13-20)14-23-26-16-22-24-21(26)27-15-19-8-6-17(3)7-9-19/h6-14,16H,4-5,15H2,1-3H3/b23-14+. The lowest BCUT2D eigenvalue weighted by Gasteiger charge is -2.20. The van der Waals surface area contributed by atoms with Crippen LogP contribution in [-0.4, -0.2) is 34.2 Å². The van der Waals surface area contributed by atoms with Gasteiger partial charge in [-0.05, 0) is 44.0 Å². The number of aryl methyl sites for hydroxylation is 1. The van der Waals surface area contributed by atoms with Crippen LogP contribution in [0.3, 0.4) is 0 Å². The van der Waals surface area contributed by atoms with Gasteiger partial charge in [-0.25, -0.2) is 0 Å². The van der Waals surface area contributed by atoms with Crippen molar-refractivity contribution in [3.8, 4) is 0 Å². The number of anilines is 1. The number of benzene rings is 2. The van der Waals surface area contributed by atoms with Crippen LogP contribution in [0.4, 0.5) is 5.69 Å². The molecule has 0 saturated carbocycles. The summed E-state index contributed by atoms with van der Waals surface area (Å²) in [4.78, 5) is 2.32. The molecule has 0 aliphatic carbocycles. The summed E-state index contributed by atoms with van der Waals surface area (Å²) in [5.41, 5.74) is 4.81. The van der Waals surface area contributed by atoms with Gasteiger partial charge in [0.25, 0.3) is 0 Å². The summed E-state index contributed by atoms with van der Waals surface area (Å²) in [5, 5.41) is 13.5. The van der Waals surface area contributed by atoms with Gasteiger partial charge < -0.3 is 4.90 Å². The first kappa shape index (κ1) is 19.2. The van der Waals surface area contributed by atoms with Crippen LogP contribution in [0.25, 0.3) is 0 Å². The van der Waals surface area contributed by atoms with Crippen molar-refractivity contribution in [1.82, 2.24) is 14.9 Å². The normalized spacial score (nSPS) is 11.2. The zero-order valence-corrected chi connectivity index (χ0v) is 16.9. The molecule has 0 spiro atoms. The summed E-state index contributed by atoms with van der Waals surface area (Å²) in [6.07, 6.45) is 3.48. The van der Waals surface area contributed by atoms with E-state index in [4.69, 9.17) is 0 Å². The molecular formula is C21H25N5S. The highest BCUT2D eigenvalue weighted by Gasteiger charge is 2.05. The summed E-state index contributed by atoms with van der Waals surface area (Å²) in [7, 11) is 0. The average molecular weight is 380 g/mol. The first-order chi connectivity index (χ1) is 13.2. The van der Waals surface area contributed by atoms with Crippen molar-refractivity contribution in [3.05, 3.63) is 71.5 Å². The van der Waals surface area contributed by atoms with Crippen molar-refractivity contribution in [1.29, 1.82) is 0 Å². The van der Waals surface area contributed by atoms with Crippen LogP contribution in [0.2, 0.25) is 0 Å². The Morgan fingerprint density at radius 1 is 1.04 bits per heavy atom. The molecule has 0 N–H and O–H groups in total. The first-order valence-electron chi connectivity index (χ1n) is 9.17. The molecule has 6 heteroatoms. The number of thioether (sulfide) groups is 1. The van der Waals surface area contributed by atoms with Crippen molar-refractivity contribution in [3.63, 3.8) is 0 Å². The van der Waals surface area contributed by atoms with Crippen LogP contribution in [0, 0.1) is 6.92 Å². The molecule has 27 heavy (non-hydrogen) atoms. The van der Waals surface area contributed by atoms with E-state index in [1.165, 1.54) is 16.8 Å². The molecule has 0 radical (unpaired) electrons. The molecule has 0 fully saturated rings. The van der Waals surface area contributed by atoms with E-state index in [0.717, 1.165) is 29.6 Å². The summed E-state index contributed by atoms with van der Waals surface area (Å²) in [6, 6.07) is 17.0. The highest BCUT2D eigenvalue weighted by Crippen LogP contribution is 2.21. The maximum Gasteiger partial charge on any atom is 0.212 e. The molecule has 1 heterocycles. The van der Waals surface area contributed by atoms with E-state index in [9.17, 15) is 0 Å². The van der Waals surface area contributed by atoms with E-state index in [1.54, 1.807) is 22.8 Å². The van der Waals surface area contributed by atoms with Crippen molar-refractivity contribution >= 4 is 23.7 Å². The Hall–Kier alpha value is -2.60. The second kappa shape index (κ2) is 9.37. The average Bonchev–Trinajstić information content (AvgIpc) is 3.15. The summed E-state index contributed by atoms with van der Waals surface area (Å²) in [6.45, 7) is 8.44. The molecule has 1 aromatic heterocycles. The number of rotatable bonds is 8. The second-order valence-corrected chi connectivity index (χ2v) is 7.18. The van der Waals surface area contributed by atoms with Crippen LogP contribution in [0.5, 0.6) is 0 Å². The first-order valence-corrected chi connectivity index (χ1v) is 10.2. The summed E-state index contributed by atoms with van der Waals surface area (Å²) < 4.78 is 1.72. The van der Waals surface area contributed by atoms with Gasteiger partial charge in [0.05, 0.1) is 6.21 Å². The third kappa shape index (κ3) is 5.20. The van der Waals surface area contributed by atoms with Gasteiger partial charge in [0.1, 0.15) is 6.33 Å². The van der Waals surface area contributed by atoms with Gasteiger partial charge in [-0.15, -0.1) is 10.2 Å².